The molecule has 0 fully saturated rings. The van der Waals surface area contributed by atoms with E-state index in [1.165, 1.54) is 10.5 Å². The Labute approximate surface area is 163 Å². The van der Waals surface area contributed by atoms with Gasteiger partial charge in [-0.2, -0.15) is 5.10 Å². The third-order valence-corrected chi connectivity index (χ3v) is 4.86. The van der Waals surface area contributed by atoms with Crippen molar-refractivity contribution in [2.45, 2.75) is 26.4 Å². The molecule has 3 aromatic rings. The summed E-state index contributed by atoms with van der Waals surface area (Å²) in [6.07, 6.45) is 0.341. The second-order valence-electron chi connectivity index (χ2n) is 6.97. The van der Waals surface area contributed by atoms with Gasteiger partial charge in [0, 0.05) is 24.6 Å². The summed E-state index contributed by atoms with van der Waals surface area (Å²) in [5, 5.41) is 7.50. The Morgan fingerprint density at radius 1 is 1.11 bits per heavy atom. The molecule has 0 bridgehead atoms. The number of anilines is 1. The van der Waals surface area contributed by atoms with Crippen molar-refractivity contribution in [3.05, 3.63) is 71.8 Å². The molecule has 142 valence electrons. The van der Waals surface area contributed by atoms with Crippen LogP contribution in [-0.4, -0.2) is 28.1 Å². The van der Waals surface area contributed by atoms with Gasteiger partial charge in [-0.1, -0.05) is 60.2 Å². The Kier molecular flexibility index (Phi) is 4.93. The van der Waals surface area contributed by atoms with Crippen LogP contribution in [0.25, 0.3) is 11.3 Å². The van der Waals surface area contributed by atoms with E-state index >= 15 is 0 Å². The number of hydrogen-bond donors (Lipinski definition) is 1. The van der Waals surface area contributed by atoms with Crippen molar-refractivity contribution in [2.24, 2.45) is 0 Å². The van der Waals surface area contributed by atoms with E-state index in [-0.39, 0.29) is 18.4 Å². The van der Waals surface area contributed by atoms with Crippen LogP contribution in [0, 0.1) is 6.92 Å². The molecule has 6 nitrogen and oxygen atoms in total. The van der Waals surface area contributed by atoms with Crippen LogP contribution >= 0.6 is 0 Å². The van der Waals surface area contributed by atoms with E-state index in [1.807, 2.05) is 67.6 Å². The second-order valence-corrected chi connectivity index (χ2v) is 6.97. The number of carbonyl (C=O) groups excluding carboxylic acids is 2. The molecule has 2 aromatic carbocycles. The second kappa shape index (κ2) is 7.68. The van der Waals surface area contributed by atoms with E-state index in [1.54, 1.807) is 4.68 Å². The maximum atomic E-state index is 12.5. The lowest BCUT2D eigenvalue weighted by Crippen LogP contribution is -2.44. The summed E-state index contributed by atoms with van der Waals surface area (Å²) in [5.41, 5.74) is 3.99. The molecule has 0 saturated carbocycles. The third kappa shape index (κ3) is 3.81. The first-order chi connectivity index (χ1) is 13.6. The van der Waals surface area contributed by atoms with E-state index in [2.05, 4.69) is 10.4 Å². The monoisotopic (exact) mass is 374 g/mol. The highest BCUT2D eigenvalue weighted by molar-refractivity contribution is 5.99. The Bertz CT molecular complexity index is 993. The minimum atomic E-state index is -0.190. The number of aromatic nitrogens is 2. The summed E-state index contributed by atoms with van der Waals surface area (Å²) in [6.45, 7) is 2.99. The summed E-state index contributed by atoms with van der Waals surface area (Å²) in [7, 11) is 0. The number of nitrogens with zero attached hydrogens (tertiary/aromatic N) is 3. The Morgan fingerprint density at radius 2 is 1.86 bits per heavy atom. The predicted octanol–water partition coefficient (Wildman–Crippen LogP) is 2.91. The van der Waals surface area contributed by atoms with Crippen LogP contribution in [0.2, 0.25) is 0 Å². The normalized spacial score (nSPS) is 13.3. The van der Waals surface area contributed by atoms with Crippen molar-refractivity contribution in [1.29, 1.82) is 0 Å². The van der Waals surface area contributed by atoms with Gasteiger partial charge in [0.25, 0.3) is 0 Å². The molecule has 2 heterocycles. The number of aryl methyl sites for hydroxylation is 2. The van der Waals surface area contributed by atoms with E-state index in [0.717, 1.165) is 16.8 Å². The number of benzene rings is 2. The van der Waals surface area contributed by atoms with Gasteiger partial charge in [0.05, 0.1) is 12.2 Å². The van der Waals surface area contributed by atoms with Crippen LogP contribution < -0.4 is 10.2 Å². The van der Waals surface area contributed by atoms with E-state index in [9.17, 15) is 9.59 Å². The van der Waals surface area contributed by atoms with Crippen LogP contribution in [0.3, 0.4) is 0 Å². The lowest BCUT2D eigenvalue weighted by atomic mass is 10.1. The zero-order chi connectivity index (χ0) is 19.5. The molecule has 0 spiro atoms. The summed E-state index contributed by atoms with van der Waals surface area (Å²) >= 11 is 0. The molecule has 1 aliphatic rings. The molecule has 2 amide bonds. The topological polar surface area (TPSA) is 67.2 Å². The zero-order valence-corrected chi connectivity index (χ0v) is 15.8. The van der Waals surface area contributed by atoms with Gasteiger partial charge in [-0.05, 0) is 12.5 Å². The maximum absolute atomic E-state index is 12.5. The van der Waals surface area contributed by atoms with Crippen LogP contribution in [0.4, 0.5) is 5.82 Å². The molecular formula is C22H22N4O2. The molecule has 1 aliphatic heterocycles. The quantitative estimate of drug-likeness (QED) is 0.747. The molecule has 1 aromatic heterocycles. The van der Waals surface area contributed by atoms with Crippen molar-refractivity contribution in [3.8, 4) is 11.3 Å². The van der Waals surface area contributed by atoms with E-state index in [0.29, 0.717) is 25.3 Å². The molecule has 6 heteroatoms. The fourth-order valence-corrected chi connectivity index (χ4v) is 3.28. The summed E-state index contributed by atoms with van der Waals surface area (Å²) in [5.74, 6) is 0.419. The minimum absolute atomic E-state index is 0.00931. The van der Waals surface area contributed by atoms with Gasteiger partial charge in [-0.3, -0.25) is 14.5 Å². The number of carbonyl (C=O) groups is 2. The van der Waals surface area contributed by atoms with E-state index < -0.39 is 0 Å². The lowest BCUT2D eigenvalue weighted by molar-refractivity contribution is -0.124. The van der Waals surface area contributed by atoms with Gasteiger partial charge >= 0.3 is 0 Å². The number of hydrogen-bond acceptors (Lipinski definition) is 3. The van der Waals surface area contributed by atoms with Crippen LogP contribution in [-0.2, 0) is 22.7 Å². The van der Waals surface area contributed by atoms with Crippen molar-refractivity contribution in [2.75, 3.05) is 11.4 Å². The third-order valence-electron chi connectivity index (χ3n) is 4.86. The highest BCUT2D eigenvalue weighted by atomic mass is 16.2. The smallest absolute Gasteiger partial charge is 0.240 e. The van der Waals surface area contributed by atoms with Gasteiger partial charge in [-0.25, -0.2) is 4.68 Å². The molecular weight excluding hydrogens is 352 g/mol. The number of amides is 2. The van der Waals surface area contributed by atoms with Gasteiger partial charge in [0.2, 0.25) is 11.8 Å². The van der Waals surface area contributed by atoms with Crippen molar-refractivity contribution in [1.82, 2.24) is 15.1 Å². The zero-order valence-electron chi connectivity index (χ0n) is 15.8. The van der Waals surface area contributed by atoms with Crippen molar-refractivity contribution >= 4 is 17.6 Å². The van der Waals surface area contributed by atoms with Gasteiger partial charge < -0.3 is 5.32 Å². The average Bonchev–Trinajstić information content (AvgIpc) is 3.15. The van der Waals surface area contributed by atoms with Gasteiger partial charge in [0.15, 0.2) is 0 Å². The van der Waals surface area contributed by atoms with Gasteiger partial charge in [-0.15, -0.1) is 0 Å². The molecule has 0 aliphatic carbocycles. The van der Waals surface area contributed by atoms with Crippen molar-refractivity contribution < 1.29 is 9.59 Å². The molecule has 1 N–H and O–H groups in total. The largest absolute Gasteiger partial charge is 0.350 e. The molecule has 0 atom stereocenters. The van der Waals surface area contributed by atoms with Crippen LogP contribution in [0.5, 0.6) is 0 Å². The highest BCUT2D eigenvalue weighted by Gasteiger charge is 2.28. The standard InChI is InChI=1S/C22H22N4O2/c1-16-7-9-17(10-8-16)14-23-20(27)15-25-21-13-19(18-5-3-2-4-6-18)24-26(21)12-11-22(25)28/h2-10,13H,11-12,14-15H2,1H3,(H,23,27). The number of rotatable bonds is 5. The Morgan fingerprint density at radius 3 is 2.61 bits per heavy atom. The fraction of sp³-hybridized carbons (Fsp3) is 0.227. The molecule has 28 heavy (non-hydrogen) atoms. The van der Waals surface area contributed by atoms with E-state index in [4.69, 9.17) is 0 Å². The minimum Gasteiger partial charge on any atom is -0.350 e. The first kappa shape index (κ1) is 18.0. The molecule has 0 unspecified atom stereocenters. The Hall–Kier alpha value is -3.41. The van der Waals surface area contributed by atoms with Crippen molar-refractivity contribution in [3.63, 3.8) is 0 Å². The molecule has 0 radical (unpaired) electrons. The maximum Gasteiger partial charge on any atom is 0.240 e. The average molecular weight is 374 g/mol. The van der Waals surface area contributed by atoms with Crippen LogP contribution in [0.1, 0.15) is 17.5 Å². The highest BCUT2D eigenvalue weighted by Crippen LogP contribution is 2.27. The first-order valence-corrected chi connectivity index (χ1v) is 9.36. The summed E-state index contributed by atoms with van der Waals surface area (Å²) in [6, 6.07) is 19.7. The lowest BCUT2D eigenvalue weighted by Gasteiger charge is -2.26. The summed E-state index contributed by atoms with van der Waals surface area (Å²) < 4.78 is 1.80. The molecule has 4 rings (SSSR count). The Balaban J connectivity index is 1.47. The SMILES string of the molecule is Cc1ccc(CNC(=O)CN2C(=O)CCn3nc(-c4ccccc4)cc32)cc1. The molecule has 0 saturated heterocycles. The first-order valence-electron chi connectivity index (χ1n) is 9.36. The number of nitrogens with one attached hydrogen (secondary N) is 1. The fourth-order valence-electron chi connectivity index (χ4n) is 3.28. The van der Waals surface area contributed by atoms with Gasteiger partial charge in [0.1, 0.15) is 12.4 Å². The number of fused-ring (bicyclic) bond motifs is 1. The predicted molar refractivity (Wildman–Crippen MR) is 108 cm³/mol. The summed E-state index contributed by atoms with van der Waals surface area (Å²) in [4.78, 5) is 26.4. The van der Waals surface area contributed by atoms with Crippen LogP contribution in [0.15, 0.2) is 60.7 Å².